The number of aromatic nitrogens is 1. The van der Waals surface area contributed by atoms with Crippen LogP contribution in [0.25, 0.3) is 0 Å². The van der Waals surface area contributed by atoms with Gasteiger partial charge >= 0.3 is 0 Å². The van der Waals surface area contributed by atoms with E-state index in [4.69, 9.17) is 28.9 Å². The predicted molar refractivity (Wildman–Crippen MR) is 76.1 cm³/mol. The summed E-state index contributed by atoms with van der Waals surface area (Å²) in [6.45, 7) is 1.96. The lowest BCUT2D eigenvalue weighted by Gasteiger charge is -2.14. The van der Waals surface area contributed by atoms with Crippen LogP contribution in [0.1, 0.15) is 22.9 Å². The van der Waals surface area contributed by atoms with Gasteiger partial charge in [-0.1, -0.05) is 35.3 Å². The van der Waals surface area contributed by atoms with Gasteiger partial charge in [0.25, 0.3) is 0 Å². The molecule has 2 N–H and O–H groups in total. The van der Waals surface area contributed by atoms with Crippen LogP contribution in [-0.4, -0.2) is 4.98 Å². The molecule has 18 heavy (non-hydrogen) atoms. The Balaban J connectivity index is 2.19. The lowest BCUT2D eigenvalue weighted by molar-refractivity contribution is 0.711. The zero-order valence-corrected chi connectivity index (χ0v) is 11.5. The molecule has 0 aliphatic heterocycles. The second kappa shape index (κ2) is 5.70. The van der Waals surface area contributed by atoms with Crippen LogP contribution >= 0.6 is 23.2 Å². The maximum absolute atomic E-state index is 6.20. The highest BCUT2D eigenvalue weighted by Gasteiger charge is 2.11. The Hall–Kier alpha value is -1.09. The summed E-state index contributed by atoms with van der Waals surface area (Å²) in [6.07, 6.45) is 2.48. The fourth-order valence-corrected chi connectivity index (χ4v) is 2.24. The number of aryl methyl sites for hydroxylation is 1. The third-order valence-electron chi connectivity index (χ3n) is 2.89. The molecule has 1 aromatic carbocycles. The molecule has 2 nitrogen and oxygen atoms in total. The highest BCUT2D eigenvalue weighted by Crippen LogP contribution is 2.25. The molecule has 0 spiro atoms. The van der Waals surface area contributed by atoms with E-state index in [9.17, 15) is 0 Å². The molecule has 94 valence electrons. The van der Waals surface area contributed by atoms with Crippen LogP contribution in [0, 0.1) is 6.92 Å². The Morgan fingerprint density at radius 2 is 2.00 bits per heavy atom. The van der Waals surface area contributed by atoms with Crippen molar-refractivity contribution in [3.05, 3.63) is 63.4 Å². The molecule has 1 heterocycles. The van der Waals surface area contributed by atoms with E-state index < -0.39 is 0 Å². The smallest absolute Gasteiger partial charge is 0.0595 e. The van der Waals surface area contributed by atoms with Crippen LogP contribution in [0.15, 0.2) is 36.5 Å². The summed E-state index contributed by atoms with van der Waals surface area (Å²) in [6, 6.07) is 9.41. The zero-order valence-electron chi connectivity index (χ0n) is 10.0. The summed E-state index contributed by atoms with van der Waals surface area (Å²) in [5, 5.41) is 1.12. The van der Waals surface area contributed by atoms with Crippen molar-refractivity contribution in [3.8, 4) is 0 Å². The molecule has 0 aliphatic carbocycles. The van der Waals surface area contributed by atoms with Crippen molar-refractivity contribution in [1.29, 1.82) is 0 Å². The van der Waals surface area contributed by atoms with Gasteiger partial charge in [-0.15, -0.1) is 0 Å². The van der Waals surface area contributed by atoms with Crippen LogP contribution in [0.2, 0.25) is 10.0 Å². The van der Waals surface area contributed by atoms with Crippen LogP contribution in [-0.2, 0) is 6.42 Å². The molecule has 2 aromatic rings. The van der Waals surface area contributed by atoms with Crippen molar-refractivity contribution < 1.29 is 0 Å². The molecule has 0 amide bonds. The van der Waals surface area contributed by atoms with E-state index in [0.717, 1.165) is 16.8 Å². The van der Waals surface area contributed by atoms with E-state index in [2.05, 4.69) is 4.98 Å². The summed E-state index contributed by atoms with van der Waals surface area (Å²) in [7, 11) is 0. The lowest BCUT2D eigenvalue weighted by atomic mass is 9.99. The van der Waals surface area contributed by atoms with Crippen LogP contribution in [0.5, 0.6) is 0 Å². The first-order valence-electron chi connectivity index (χ1n) is 5.69. The molecular weight excluding hydrogens is 267 g/mol. The van der Waals surface area contributed by atoms with Gasteiger partial charge in [0.15, 0.2) is 0 Å². The number of pyridine rings is 1. The molecule has 0 saturated heterocycles. The van der Waals surface area contributed by atoms with Gasteiger partial charge in [0.1, 0.15) is 0 Å². The largest absolute Gasteiger partial charge is 0.324 e. The van der Waals surface area contributed by atoms with Crippen LogP contribution in [0.4, 0.5) is 0 Å². The number of benzene rings is 1. The lowest BCUT2D eigenvalue weighted by Crippen LogP contribution is -2.15. The third-order valence-corrected chi connectivity index (χ3v) is 3.63. The van der Waals surface area contributed by atoms with Crippen LogP contribution < -0.4 is 5.73 Å². The maximum Gasteiger partial charge on any atom is 0.0595 e. The van der Waals surface area contributed by atoms with Crippen molar-refractivity contribution in [3.63, 3.8) is 0 Å². The van der Waals surface area contributed by atoms with Gasteiger partial charge in [-0.05, 0) is 42.7 Å². The Morgan fingerprint density at radius 1 is 1.22 bits per heavy atom. The average molecular weight is 281 g/mol. The molecule has 0 saturated carbocycles. The van der Waals surface area contributed by atoms with E-state index in [1.54, 1.807) is 12.3 Å². The van der Waals surface area contributed by atoms with Crippen molar-refractivity contribution in [2.24, 2.45) is 5.73 Å². The van der Waals surface area contributed by atoms with E-state index in [1.807, 2.05) is 31.2 Å². The van der Waals surface area contributed by atoms with Crippen molar-refractivity contribution in [2.45, 2.75) is 19.4 Å². The van der Waals surface area contributed by atoms with Gasteiger partial charge < -0.3 is 5.73 Å². The zero-order chi connectivity index (χ0) is 13.1. The normalized spacial score (nSPS) is 12.4. The number of nitrogens with zero attached hydrogens (tertiary/aromatic N) is 1. The minimum absolute atomic E-state index is 0.0871. The molecule has 1 atom stereocenters. The second-order valence-corrected chi connectivity index (χ2v) is 5.05. The molecule has 2 rings (SSSR count). The first kappa shape index (κ1) is 13.3. The molecule has 0 fully saturated rings. The summed E-state index contributed by atoms with van der Waals surface area (Å²) in [4.78, 5) is 4.25. The molecule has 4 heteroatoms. The van der Waals surface area contributed by atoms with Crippen molar-refractivity contribution in [1.82, 2.24) is 4.98 Å². The molecule has 0 aliphatic rings. The molecule has 0 radical (unpaired) electrons. The third kappa shape index (κ3) is 3.02. The van der Waals surface area contributed by atoms with Gasteiger partial charge in [-0.2, -0.15) is 0 Å². The molecule has 0 bridgehead atoms. The number of hydrogen-bond acceptors (Lipinski definition) is 2. The quantitative estimate of drug-likeness (QED) is 0.925. The Labute approximate surface area is 117 Å². The van der Waals surface area contributed by atoms with Crippen LogP contribution in [0.3, 0.4) is 0 Å². The maximum atomic E-state index is 6.20. The van der Waals surface area contributed by atoms with E-state index >= 15 is 0 Å². The monoisotopic (exact) mass is 280 g/mol. The van der Waals surface area contributed by atoms with Crippen molar-refractivity contribution >= 4 is 23.2 Å². The summed E-state index contributed by atoms with van der Waals surface area (Å²) >= 11 is 11.9. The number of rotatable bonds is 3. The van der Waals surface area contributed by atoms with E-state index in [-0.39, 0.29) is 6.04 Å². The van der Waals surface area contributed by atoms with Gasteiger partial charge in [0.05, 0.1) is 10.0 Å². The first-order valence-corrected chi connectivity index (χ1v) is 6.44. The van der Waals surface area contributed by atoms with Gasteiger partial charge in [0.2, 0.25) is 0 Å². The average Bonchev–Trinajstić information content (AvgIpc) is 2.34. The Kier molecular flexibility index (Phi) is 4.23. The minimum Gasteiger partial charge on any atom is -0.324 e. The first-order chi connectivity index (χ1) is 8.58. The standard InChI is InChI=1S/C14H14Cl2N2/c1-9-11(3-2-6-18-9)14(17)8-10-4-5-12(15)13(16)7-10/h2-7,14H,8,17H2,1H3. The van der Waals surface area contributed by atoms with Gasteiger partial charge in [0, 0.05) is 17.9 Å². The fraction of sp³-hybridized carbons (Fsp3) is 0.214. The number of hydrogen-bond donors (Lipinski definition) is 1. The highest BCUT2D eigenvalue weighted by atomic mass is 35.5. The van der Waals surface area contributed by atoms with E-state index in [0.29, 0.717) is 16.5 Å². The molecule has 1 unspecified atom stereocenters. The number of halogens is 2. The minimum atomic E-state index is -0.0871. The SMILES string of the molecule is Cc1ncccc1C(N)Cc1ccc(Cl)c(Cl)c1. The van der Waals surface area contributed by atoms with E-state index in [1.165, 1.54) is 0 Å². The van der Waals surface area contributed by atoms with Gasteiger partial charge in [-0.25, -0.2) is 0 Å². The number of nitrogens with two attached hydrogens (primary N) is 1. The second-order valence-electron chi connectivity index (χ2n) is 4.24. The molecule has 1 aromatic heterocycles. The summed E-state index contributed by atoms with van der Waals surface area (Å²) in [5.74, 6) is 0. The predicted octanol–water partition coefficient (Wildman–Crippen LogP) is 3.94. The fourth-order valence-electron chi connectivity index (χ4n) is 1.92. The van der Waals surface area contributed by atoms with Crippen molar-refractivity contribution in [2.75, 3.05) is 0 Å². The Bertz CT molecular complexity index is 555. The molecular formula is C14H14Cl2N2. The van der Waals surface area contributed by atoms with Gasteiger partial charge in [-0.3, -0.25) is 4.98 Å². The summed E-state index contributed by atoms with van der Waals surface area (Å²) in [5.41, 5.74) is 9.29. The Morgan fingerprint density at radius 3 is 2.67 bits per heavy atom. The summed E-state index contributed by atoms with van der Waals surface area (Å²) < 4.78 is 0. The highest BCUT2D eigenvalue weighted by molar-refractivity contribution is 6.42. The topological polar surface area (TPSA) is 38.9 Å².